The second kappa shape index (κ2) is 6.13. The predicted molar refractivity (Wildman–Crippen MR) is 90.8 cm³/mol. The molecule has 1 aromatic carbocycles. The fraction of sp³-hybridized carbons (Fsp3) is 0.500. The highest BCUT2D eigenvalue weighted by Crippen LogP contribution is 2.32. The quantitative estimate of drug-likeness (QED) is 0.835. The van der Waals surface area contributed by atoms with Gasteiger partial charge in [-0.15, -0.1) is 0 Å². The zero-order chi connectivity index (χ0) is 18.4. The van der Waals surface area contributed by atoms with Crippen molar-refractivity contribution in [3.8, 4) is 0 Å². The van der Waals surface area contributed by atoms with Gasteiger partial charge in [0, 0.05) is 5.92 Å². The van der Waals surface area contributed by atoms with Gasteiger partial charge in [-0.05, 0) is 57.7 Å². The second-order valence-electron chi connectivity index (χ2n) is 7.52. The third kappa shape index (κ3) is 3.50. The fourth-order valence-corrected chi connectivity index (χ4v) is 3.10. The lowest BCUT2D eigenvalue weighted by Crippen LogP contribution is -2.34. The van der Waals surface area contributed by atoms with E-state index in [-0.39, 0.29) is 11.7 Å². The number of alkyl carbamates (subject to hydrolysis) is 1. The van der Waals surface area contributed by atoms with E-state index in [1.54, 1.807) is 27.7 Å². The van der Waals surface area contributed by atoms with Crippen LogP contribution in [-0.4, -0.2) is 27.9 Å². The topological polar surface area (TPSA) is 84.1 Å². The number of hydrogen-bond donors (Lipinski definition) is 2. The van der Waals surface area contributed by atoms with Crippen LogP contribution < -0.4 is 5.32 Å². The van der Waals surface area contributed by atoms with Crippen LogP contribution in [0.3, 0.4) is 0 Å². The highest BCUT2D eigenvalue weighted by atomic mass is 19.1. The number of aromatic amines is 1. The molecular formula is C18H22FN3O3. The van der Waals surface area contributed by atoms with E-state index in [9.17, 15) is 14.0 Å². The van der Waals surface area contributed by atoms with Gasteiger partial charge in [-0.3, -0.25) is 0 Å². The van der Waals surface area contributed by atoms with Gasteiger partial charge in [-0.2, -0.15) is 0 Å². The number of benzene rings is 1. The number of fused-ring (bicyclic) bond motifs is 2. The Morgan fingerprint density at radius 1 is 1.48 bits per heavy atom. The van der Waals surface area contributed by atoms with E-state index in [4.69, 9.17) is 4.74 Å². The first-order valence-electron chi connectivity index (χ1n) is 8.32. The van der Waals surface area contributed by atoms with Gasteiger partial charge in [-0.25, -0.2) is 14.2 Å². The van der Waals surface area contributed by atoms with E-state index in [2.05, 4.69) is 15.3 Å². The summed E-state index contributed by atoms with van der Waals surface area (Å²) in [5.74, 6) is -0.0707. The number of nitrogens with one attached hydrogen (secondary N) is 2. The lowest BCUT2D eigenvalue weighted by atomic mass is 10.1. The number of halogens is 1. The summed E-state index contributed by atoms with van der Waals surface area (Å²) in [5, 5.41) is 2.68. The van der Waals surface area contributed by atoms with Crippen LogP contribution in [-0.2, 0) is 22.4 Å². The number of imidazole rings is 1. The molecule has 2 atom stereocenters. The van der Waals surface area contributed by atoms with Gasteiger partial charge in [0.2, 0.25) is 0 Å². The molecule has 2 N–H and O–H groups in total. The number of ether oxygens (including phenoxy) is 1. The molecule has 1 aliphatic carbocycles. The number of carbonyl (C=O) groups is 2. The largest absolute Gasteiger partial charge is 0.444 e. The van der Waals surface area contributed by atoms with Gasteiger partial charge in [0.15, 0.2) is 5.82 Å². The van der Waals surface area contributed by atoms with Crippen molar-refractivity contribution in [1.82, 2.24) is 15.3 Å². The molecule has 1 amide bonds. The highest BCUT2D eigenvalue weighted by Gasteiger charge is 2.27. The average Bonchev–Trinajstić information content (AvgIpc) is 3.09. The Hall–Kier alpha value is -2.44. The molecule has 0 saturated heterocycles. The molecule has 3 rings (SSSR count). The molecule has 2 unspecified atom stereocenters. The first kappa shape index (κ1) is 17.4. The van der Waals surface area contributed by atoms with Gasteiger partial charge in [-0.1, -0.05) is 0 Å². The lowest BCUT2D eigenvalue weighted by molar-refractivity contribution is -0.110. The zero-order valence-corrected chi connectivity index (χ0v) is 14.8. The van der Waals surface area contributed by atoms with Crippen LogP contribution in [0.1, 0.15) is 50.7 Å². The summed E-state index contributed by atoms with van der Waals surface area (Å²) in [7, 11) is 0. The second-order valence-corrected chi connectivity index (χ2v) is 7.52. The van der Waals surface area contributed by atoms with E-state index in [0.717, 1.165) is 11.8 Å². The monoisotopic (exact) mass is 347 g/mol. The molecule has 0 radical (unpaired) electrons. The van der Waals surface area contributed by atoms with Crippen molar-refractivity contribution < 1.29 is 18.7 Å². The summed E-state index contributed by atoms with van der Waals surface area (Å²) in [6, 6.07) is 1.36. The summed E-state index contributed by atoms with van der Waals surface area (Å²) in [6.45, 7) is 7.08. The summed E-state index contributed by atoms with van der Waals surface area (Å²) in [6.07, 6.45) is 1.28. The van der Waals surface area contributed by atoms with Crippen molar-refractivity contribution in [2.75, 3.05) is 0 Å². The first-order valence-corrected chi connectivity index (χ1v) is 8.32. The minimum atomic E-state index is -0.598. The number of nitrogens with zero attached hydrogens (tertiary/aromatic N) is 1. The summed E-state index contributed by atoms with van der Waals surface area (Å²) in [4.78, 5) is 30.2. The van der Waals surface area contributed by atoms with Gasteiger partial charge in [0.1, 0.15) is 23.2 Å². The van der Waals surface area contributed by atoms with Crippen molar-refractivity contribution in [2.24, 2.45) is 5.92 Å². The van der Waals surface area contributed by atoms with Crippen LogP contribution in [0.25, 0.3) is 11.0 Å². The molecule has 0 bridgehead atoms. The van der Waals surface area contributed by atoms with Crippen molar-refractivity contribution in [2.45, 2.75) is 52.2 Å². The summed E-state index contributed by atoms with van der Waals surface area (Å²) < 4.78 is 20.0. The third-order valence-corrected chi connectivity index (χ3v) is 4.22. The van der Waals surface area contributed by atoms with E-state index < -0.39 is 17.7 Å². The van der Waals surface area contributed by atoms with Crippen molar-refractivity contribution in [1.29, 1.82) is 0 Å². The molecule has 2 aromatic rings. The van der Waals surface area contributed by atoms with Gasteiger partial charge in [0.25, 0.3) is 0 Å². The van der Waals surface area contributed by atoms with Crippen molar-refractivity contribution in [3.63, 3.8) is 0 Å². The molecule has 0 fully saturated rings. The highest BCUT2D eigenvalue weighted by molar-refractivity contribution is 5.79. The standard InChI is InChI=1S/C18H22FN3O3/c1-9(20-17(24)25-18(2,3)4)16-21-13-7-11-5-10(8-23)6-12(11)14(19)15(13)22-16/h7-10H,5-6H2,1-4H3,(H,20,24)(H,21,22). The Bertz CT molecular complexity index is 838. The van der Waals surface area contributed by atoms with Crippen LogP contribution >= 0.6 is 0 Å². The minimum absolute atomic E-state index is 0.164. The van der Waals surface area contributed by atoms with Gasteiger partial charge >= 0.3 is 6.09 Å². The normalized spacial score (nSPS) is 18.0. The third-order valence-electron chi connectivity index (χ3n) is 4.22. The van der Waals surface area contributed by atoms with E-state index in [1.807, 2.05) is 6.07 Å². The maximum Gasteiger partial charge on any atom is 0.408 e. The van der Waals surface area contributed by atoms with Crippen LogP contribution in [0.4, 0.5) is 9.18 Å². The van der Waals surface area contributed by atoms with Crippen LogP contribution in [0.2, 0.25) is 0 Å². The summed E-state index contributed by atoms with van der Waals surface area (Å²) in [5.41, 5.74) is 1.61. The number of aldehydes is 1. The number of rotatable bonds is 3. The minimum Gasteiger partial charge on any atom is -0.444 e. The van der Waals surface area contributed by atoms with Crippen molar-refractivity contribution >= 4 is 23.4 Å². The predicted octanol–water partition coefficient (Wildman–Crippen LogP) is 3.20. The number of hydrogen-bond acceptors (Lipinski definition) is 4. The van der Waals surface area contributed by atoms with Gasteiger partial charge in [0.05, 0.1) is 11.6 Å². The molecule has 7 heteroatoms. The fourth-order valence-electron chi connectivity index (χ4n) is 3.10. The van der Waals surface area contributed by atoms with Gasteiger partial charge < -0.3 is 19.8 Å². The Kier molecular flexibility index (Phi) is 4.26. The molecular weight excluding hydrogens is 325 g/mol. The smallest absolute Gasteiger partial charge is 0.408 e. The molecule has 134 valence electrons. The molecule has 0 saturated carbocycles. The molecule has 1 aliphatic rings. The number of H-pyrrole nitrogens is 1. The molecule has 6 nitrogen and oxygen atoms in total. The molecule has 1 aromatic heterocycles. The van der Waals surface area contributed by atoms with Crippen molar-refractivity contribution in [3.05, 3.63) is 28.8 Å². The zero-order valence-electron chi connectivity index (χ0n) is 14.8. The van der Waals surface area contributed by atoms with Crippen LogP contribution in [0.15, 0.2) is 6.07 Å². The maximum absolute atomic E-state index is 14.7. The SMILES string of the molecule is CC(NC(=O)OC(C)(C)C)c1nc2cc3c(c(F)c2[nH]1)CC(C=O)C3. The molecule has 0 aliphatic heterocycles. The number of carbonyl (C=O) groups excluding carboxylic acids is 2. The van der Waals surface area contributed by atoms with E-state index in [0.29, 0.717) is 35.3 Å². The lowest BCUT2D eigenvalue weighted by Gasteiger charge is -2.21. The van der Waals surface area contributed by atoms with Crippen LogP contribution in [0, 0.1) is 11.7 Å². The number of amides is 1. The summed E-state index contributed by atoms with van der Waals surface area (Å²) >= 11 is 0. The average molecular weight is 347 g/mol. The molecule has 1 heterocycles. The number of aromatic nitrogens is 2. The van der Waals surface area contributed by atoms with Crippen LogP contribution in [0.5, 0.6) is 0 Å². The Morgan fingerprint density at radius 2 is 2.20 bits per heavy atom. The Morgan fingerprint density at radius 3 is 2.84 bits per heavy atom. The molecule has 0 spiro atoms. The Labute approximate surface area is 145 Å². The van der Waals surface area contributed by atoms with E-state index in [1.165, 1.54) is 0 Å². The first-order chi connectivity index (χ1) is 11.7. The molecule has 25 heavy (non-hydrogen) atoms. The Balaban J connectivity index is 1.84. The van der Waals surface area contributed by atoms with E-state index >= 15 is 0 Å². The maximum atomic E-state index is 14.7.